The fourth-order valence-electron chi connectivity index (χ4n) is 2.32. The van der Waals surface area contributed by atoms with Crippen LogP contribution < -0.4 is 11.1 Å². The highest BCUT2D eigenvalue weighted by Gasteiger charge is 2.22. The molecule has 0 aliphatic carbocycles. The molecule has 2 aromatic rings. The second kappa shape index (κ2) is 6.87. The van der Waals surface area contributed by atoms with Crippen LogP contribution in [0.3, 0.4) is 0 Å². The van der Waals surface area contributed by atoms with Gasteiger partial charge in [0, 0.05) is 7.11 Å². The molecular formula is C17H18N2O3. The molecule has 5 nitrogen and oxygen atoms in total. The Labute approximate surface area is 129 Å². The summed E-state index contributed by atoms with van der Waals surface area (Å²) < 4.78 is 5.27. The zero-order valence-electron chi connectivity index (χ0n) is 12.5. The Kier molecular flexibility index (Phi) is 4.91. The summed E-state index contributed by atoms with van der Waals surface area (Å²) in [6, 6.07) is 14.3. The van der Waals surface area contributed by atoms with Crippen molar-refractivity contribution >= 4 is 17.5 Å². The van der Waals surface area contributed by atoms with E-state index in [4.69, 9.17) is 10.5 Å². The number of nitrogens with one attached hydrogen (secondary N) is 1. The summed E-state index contributed by atoms with van der Waals surface area (Å²) in [5.41, 5.74) is 7.52. The van der Waals surface area contributed by atoms with Crippen LogP contribution in [-0.4, -0.2) is 18.9 Å². The number of nitrogens with two attached hydrogens (primary N) is 1. The number of primary amides is 1. The maximum Gasteiger partial charge on any atom is 0.258 e. The largest absolute Gasteiger partial charge is 0.367 e. The van der Waals surface area contributed by atoms with Gasteiger partial charge in [-0.15, -0.1) is 0 Å². The first-order valence-electron chi connectivity index (χ1n) is 6.82. The van der Waals surface area contributed by atoms with Gasteiger partial charge in [-0.25, -0.2) is 0 Å². The molecule has 5 heteroatoms. The van der Waals surface area contributed by atoms with Crippen LogP contribution >= 0.6 is 0 Å². The first kappa shape index (κ1) is 15.7. The van der Waals surface area contributed by atoms with Crippen LogP contribution in [0.4, 0.5) is 5.69 Å². The highest BCUT2D eigenvalue weighted by molar-refractivity contribution is 6.05. The van der Waals surface area contributed by atoms with Gasteiger partial charge in [-0.2, -0.15) is 0 Å². The van der Waals surface area contributed by atoms with E-state index < -0.39 is 12.0 Å². The van der Waals surface area contributed by atoms with Gasteiger partial charge in [0.1, 0.15) is 0 Å². The number of amides is 2. The third-order valence-corrected chi connectivity index (χ3v) is 3.35. The monoisotopic (exact) mass is 298 g/mol. The molecule has 1 atom stereocenters. The maximum absolute atomic E-state index is 12.4. The highest BCUT2D eigenvalue weighted by Crippen LogP contribution is 2.23. The third-order valence-electron chi connectivity index (χ3n) is 3.35. The van der Waals surface area contributed by atoms with Gasteiger partial charge in [0.15, 0.2) is 6.10 Å². The summed E-state index contributed by atoms with van der Waals surface area (Å²) in [6.07, 6.45) is -0.762. The van der Waals surface area contributed by atoms with Crippen molar-refractivity contribution in [3.8, 4) is 0 Å². The molecule has 0 saturated carbocycles. The number of methoxy groups -OCH3 is 1. The van der Waals surface area contributed by atoms with Gasteiger partial charge < -0.3 is 15.8 Å². The fraction of sp³-hybridized carbons (Fsp3) is 0.176. The van der Waals surface area contributed by atoms with Crippen LogP contribution in [-0.2, 0) is 9.53 Å². The van der Waals surface area contributed by atoms with Gasteiger partial charge in [-0.1, -0.05) is 42.5 Å². The molecule has 0 bridgehead atoms. The van der Waals surface area contributed by atoms with Crippen LogP contribution in [0, 0.1) is 6.92 Å². The van der Waals surface area contributed by atoms with E-state index in [0.29, 0.717) is 16.8 Å². The van der Waals surface area contributed by atoms with Gasteiger partial charge in [-0.3, -0.25) is 9.59 Å². The molecule has 0 aliphatic heterocycles. The number of anilines is 1. The van der Waals surface area contributed by atoms with E-state index in [1.807, 2.05) is 18.2 Å². The van der Waals surface area contributed by atoms with E-state index in [1.54, 1.807) is 37.3 Å². The fourth-order valence-corrected chi connectivity index (χ4v) is 2.32. The lowest BCUT2D eigenvalue weighted by Crippen LogP contribution is -2.25. The van der Waals surface area contributed by atoms with Gasteiger partial charge in [0.05, 0.1) is 11.3 Å². The molecule has 0 aromatic heterocycles. The third kappa shape index (κ3) is 3.32. The Balaban J connectivity index is 2.29. The van der Waals surface area contributed by atoms with E-state index in [-0.39, 0.29) is 5.91 Å². The second-order valence-corrected chi connectivity index (χ2v) is 4.88. The molecule has 22 heavy (non-hydrogen) atoms. The van der Waals surface area contributed by atoms with Crippen LogP contribution in [0.15, 0.2) is 48.5 Å². The molecule has 2 amide bonds. The lowest BCUT2D eigenvalue weighted by atomic mass is 10.0. The smallest absolute Gasteiger partial charge is 0.258 e. The summed E-state index contributed by atoms with van der Waals surface area (Å²) in [5.74, 6) is -0.941. The zero-order valence-corrected chi connectivity index (χ0v) is 12.5. The molecule has 0 radical (unpaired) electrons. The summed E-state index contributed by atoms with van der Waals surface area (Å²) in [6.45, 7) is 1.76. The Bertz CT molecular complexity index is 684. The molecule has 0 unspecified atom stereocenters. The molecule has 114 valence electrons. The second-order valence-electron chi connectivity index (χ2n) is 4.88. The topological polar surface area (TPSA) is 81.4 Å². The van der Waals surface area contributed by atoms with E-state index in [0.717, 1.165) is 5.56 Å². The van der Waals surface area contributed by atoms with Gasteiger partial charge >= 0.3 is 0 Å². The number of carbonyl (C=O) groups is 2. The molecule has 2 aromatic carbocycles. The Morgan fingerprint density at radius 2 is 1.77 bits per heavy atom. The van der Waals surface area contributed by atoms with E-state index in [2.05, 4.69) is 5.32 Å². The number of aryl methyl sites for hydroxylation is 1. The van der Waals surface area contributed by atoms with Crippen LogP contribution in [0.25, 0.3) is 0 Å². The molecule has 0 saturated heterocycles. The number of hydrogen-bond donors (Lipinski definition) is 2. The van der Waals surface area contributed by atoms with Crippen LogP contribution in [0.1, 0.15) is 27.6 Å². The standard InChI is InChI=1S/C17H18N2O3/c1-11-7-6-10-13(14(11)16(18)20)19-17(21)15(22-2)12-8-4-3-5-9-12/h3-10,15H,1-2H3,(H2,18,20)(H,19,21)/t15-/m1/s1. The zero-order chi connectivity index (χ0) is 16.1. The minimum absolute atomic E-state index is 0.304. The van der Waals surface area contributed by atoms with Crippen LogP contribution in [0.5, 0.6) is 0 Å². The highest BCUT2D eigenvalue weighted by atomic mass is 16.5. The van der Waals surface area contributed by atoms with Crippen molar-refractivity contribution in [2.24, 2.45) is 5.73 Å². The molecule has 0 aliphatic rings. The van der Waals surface area contributed by atoms with Crippen molar-refractivity contribution in [3.63, 3.8) is 0 Å². The quantitative estimate of drug-likeness (QED) is 0.889. The molecule has 3 N–H and O–H groups in total. The van der Waals surface area contributed by atoms with Crippen molar-refractivity contribution < 1.29 is 14.3 Å². The van der Waals surface area contributed by atoms with Crippen molar-refractivity contribution in [1.29, 1.82) is 0 Å². The van der Waals surface area contributed by atoms with Gasteiger partial charge in [-0.05, 0) is 24.1 Å². The molecule has 0 fully saturated rings. The molecule has 0 spiro atoms. The van der Waals surface area contributed by atoms with Crippen molar-refractivity contribution in [1.82, 2.24) is 0 Å². The summed E-state index contributed by atoms with van der Waals surface area (Å²) in [4.78, 5) is 24.0. The average Bonchev–Trinajstić information content (AvgIpc) is 2.48. The summed E-state index contributed by atoms with van der Waals surface area (Å²) in [7, 11) is 1.46. The van der Waals surface area contributed by atoms with Crippen molar-refractivity contribution in [3.05, 3.63) is 65.2 Å². The number of benzene rings is 2. The summed E-state index contributed by atoms with van der Waals surface area (Å²) >= 11 is 0. The van der Waals surface area contributed by atoms with Gasteiger partial charge in [0.2, 0.25) is 0 Å². The Morgan fingerprint density at radius 1 is 1.09 bits per heavy atom. The summed E-state index contributed by atoms with van der Waals surface area (Å²) in [5, 5.41) is 2.72. The van der Waals surface area contributed by atoms with E-state index in [1.165, 1.54) is 7.11 Å². The van der Waals surface area contributed by atoms with Crippen molar-refractivity contribution in [2.45, 2.75) is 13.0 Å². The lowest BCUT2D eigenvalue weighted by Gasteiger charge is -2.17. The Morgan fingerprint density at radius 3 is 2.36 bits per heavy atom. The number of hydrogen-bond acceptors (Lipinski definition) is 3. The van der Waals surface area contributed by atoms with Crippen molar-refractivity contribution in [2.75, 3.05) is 12.4 Å². The van der Waals surface area contributed by atoms with E-state index >= 15 is 0 Å². The molecular weight excluding hydrogens is 280 g/mol. The van der Waals surface area contributed by atoms with E-state index in [9.17, 15) is 9.59 Å². The first-order valence-corrected chi connectivity index (χ1v) is 6.82. The minimum Gasteiger partial charge on any atom is -0.367 e. The number of ether oxygens (including phenoxy) is 1. The normalized spacial score (nSPS) is 11.7. The Hall–Kier alpha value is -2.66. The first-order chi connectivity index (χ1) is 10.5. The molecule has 2 rings (SSSR count). The lowest BCUT2D eigenvalue weighted by molar-refractivity contribution is -0.126. The maximum atomic E-state index is 12.4. The number of rotatable bonds is 5. The predicted octanol–water partition coefficient (Wildman–Crippen LogP) is 2.42. The minimum atomic E-state index is -0.762. The van der Waals surface area contributed by atoms with Gasteiger partial charge in [0.25, 0.3) is 11.8 Å². The SMILES string of the molecule is CO[C@@H](C(=O)Nc1cccc(C)c1C(N)=O)c1ccccc1. The molecule has 0 heterocycles. The van der Waals surface area contributed by atoms with Crippen LogP contribution in [0.2, 0.25) is 0 Å². The average molecular weight is 298 g/mol. The predicted molar refractivity (Wildman–Crippen MR) is 84.5 cm³/mol. The number of carbonyl (C=O) groups excluding carboxylic acids is 2.